The van der Waals surface area contributed by atoms with Gasteiger partial charge in [0.05, 0.1) is 12.1 Å². The third-order valence-corrected chi connectivity index (χ3v) is 2.39. The van der Waals surface area contributed by atoms with Gasteiger partial charge in [0.15, 0.2) is 5.11 Å². The minimum atomic E-state index is -0.388. The second-order valence-corrected chi connectivity index (χ2v) is 4.74. The molecule has 0 unspecified atom stereocenters. The summed E-state index contributed by atoms with van der Waals surface area (Å²) in [5.74, 6) is 0. The Kier molecular flexibility index (Phi) is 4.71. The lowest BCUT2D eigenvalue weighted by Gasteiger charge is -2.25. The second-order valence-electron chi connectivity index (χ2n) is 4.34. The molecule has 0 atom stereocenters. The Bertz CT molecular complexity index is 338. The summed E-state index contributed by atoms with van der Waals surface area (Å²) >= 11 is 5.13. The molecule has 0 aliphatic carbocycles. The minimum absolute atomic E-state index is 0.0418. The highest BCUT2D eigenvalue weighted by Gasteiger charge is 2.16. The number of aliphatic hydroxyl groups is 1. The molecule has 1 aromatic carbocycles. The molecular formula is C12H18N2OS. The molecule has 1 aromatic rings. The molecule has 0 radical (unpaired) electrons. The lowest BCUT2D eigenvalue weighted by atomic mass is 10.1. The van der Waals surface area contributed by atoms with Gasteiger partial charge in [-0.05, 0) is 31.6 Å². The summed E-state index contributed by atoms with van der Waals surface area (Å²) in [5, 5.41) is 15.8. The summed E-state index contributed by atoms with van der Waals surface area (Å²) in [5.41, 5.74) is 0.786. The molecule has 0 spiro atoms. The molecule has 0 saturated heterocycles. The van der Waals surface area contributed by atoms with Crippen molar-refractivity contribution < 1.29 is 5.11 Å². The highest BCUT2D eigenvalue weighted by atomic mass is 32.1. The molecule has 0 heterocycles. The van der Waals surface area contributed by atoms with Crippen LogP contribution < -0.4 is 10.6 Å². The van der Waals surface area contributed by atoms with Gasteiger partial charge in [0.1, 0.15) is 0 Å². The van der Waals surface area contributed by atoms with E-state index in [0.29, 0.717) is 11.7 Å². The van der Waals surface area contributed by atoms with Crippen molar-refractivity contribution in [2.75, 3.05) is 6.61 Å². The summed E-state index contributed by atoms with van der Waals surface area (Å²) < 4.78 is 0. The van der Waals surface area contributed by atoms with E-state index in [1.807, 2.05) is 44.2 Å². The Labute approximate surface area is 102 Å². The van der Waals surface area contributed by atoms with E-state index in [4.69, 9.17) is 17.3 Å². The lowest BCUT2D eigenvalue weighted by Crippen LogP contribution is -2.50. The van der Waals surface area contributed by atoms with E-state index in [9.17, 15) is 0 Å². The van der Waals surface area contributed by atoms with Crippen molar-refractivity contribution in [1.82, 2.24) is 10.6 Å². The Morgan fingerprint density at radius 2 is 1.94 bits per heavy atom. The second kappa shape index (κ2) is 5.82. The molecule has 4 heteroatoms. The zero-order valence-corrected chi connectivity index (χ0v) is 10.5. The van der Waals surface area contributed by atoms with Gasteiger partial charge in [0, 0.05) is 6.54 Å². The Balaban J connectivity index is 2.36. The van der Waals surface area contributed by atoms with Gasteiger partial charge in [-0.15, -0.1) is 0 Å². The molecule has 16 heavy (non-hydrogen) atoms. The highest BCUT2D eigenvalue weighted by Crippen LogP contribution is 2.00. The molecule has 3 nitrogen and oxygen atoms in total. The lowest BCUT2D eigenvalue weighted by molar-refractivity contribution is 0.206. The van der Waals surface area contributed by atoms with Crippen molar-refractivity contribution in [2.45, 2.75) is 25.9 Å². The molecule has 0 saturated carbocycles. The molecular weight excluding hydrogens is 220 g/mol. The van der Waals surface area contributed by atoms with Crippen molar-refractivity contribution in [3.63, 3.8) is 0 Å². The maximum atomic E-state index is 9.08. The first-order valence-corrected chi connectivity index (χ1v) is 5.65. The van der Waals surface area contributed by atoms with Crippen LogP contribution in [0.5, 0.6) is 0 Å². The van der Waals surface area contributed by atoms with Gasteiger partial charge in [-0.3, -0.25) is 0 Å². The predicted molar refractivity (Wildman–Crippen MR) is 70.2 cm³/mol. The first kappa shape index (κ1) is 12.9. The summed E-state index contributed by atoms with van der Waals surface area (Å²) in [6.07, 6.45) is 0. The average Bonchev–Trinajstić information content (AvgIpc) is 2.27. The maximum Gasteiger partial charge on any atom is 0.167 e. The largest absolute Gasteiger partial charge is 0.394 e. The van der Waals surface area contributed by atoms with Crippen LogP contribution in [0.3, 0.4) is 0 Å². The Morgan fingerprint density at radius 1 is 1.31 bits per heavy atom. The normalized spacial score (nSPS) is 10.9. The van der Waals surface area contributed by atoms with Crippen LogP contribution in [-0.4, -0.2) is 22.4 Å². The molecule has 0 fully saturated rings. The smallest absolute Gasteiger partial charge is 0.167 e. The van der Waals surface area contributed by atoms with Gasteiger partial charge in [-0.1, -0.05) is 30.3 Å². The first-order valence-electron chi connectivity index (χ1n) is 5.24. The van der Waals surface area contributed by atoms with Crippen LogP contribution in [0.2, 0.25) is 0 Å². The molecule has 0 bridgehead atoms. The number of benzene rings is 1. The summed E-state index contributed by atoms with van der Waals surface area (Å²) in [6.45, 7) is 4.52. The van der Waals surface area contributed by atoms with Gasteiger partial charge in [-0.25, -0.2) is 0 Å². The predicted octanol–water partition coefficient (Wildman–Crippen LogP) is 1.42. The topological polar surface area (TPSA) is 44.3 Å². The molecule has 0 aliphatic rings. The third kappa shape index (κ3) is 4.59. The molecule has 1 rings (SSSR count). The van der Waals surface area contributed by atoms with E-state index in [0.717, 1.165) is 0 Å². The number of thiocarbonyl (C=S) groups is 1. The number of nitrogens with one attached hydrogen (secondary N) is 2. The van der Waals surface area contributed by atoms with Crippen molar-refractivity contribution in [3.8, 4) is 0 Å². The fourth-order valence-corrected chi connectivity index (χ4v) is 1.52. The summed E-state index contributed by atoms with van der Waals surface area (Å²) in [4.78, 5) is 0. The summed E-state index contributed by atoms with van der Waals surface area (Å²) in [6, 6.07) is 10.0. The van der Waals surface area contributed by atoms with Crippen LogP contribution in [0.1, 0.15) is 19.4 Å². The fourth-order valence-electron chi connectivity index (χ4n) is 1.17. The van der Waals surface area contributed by atoms with Crippen LogP contribution in [0.4, 0.5) is 0 Å². The summed E-state index contributed by atoms with van der Waals surface area (Å²) in [7, 11) is 0. The molecule has 88 valence electrons. The van der Waals surface area contributed by atoms with Crippen LogP contribution in [0.25, 0.3) is 0 Å². The van der Waals surface area contributed by atoms with E-state index in [1.165, 1.54) is 5.56 Å². The number of hydrogen-bond acceptors (Lipinski definition) is 2. The number of hydrogen-bond donors (Lipinski definition) is 3. The zero-order chi connectivity index (χ0) is 12.0. The van der Waals surface area contributed by atoms with Gasteiger partial charge in [-0.2, -0.15) is 0 Å². The van der Waals surface area contributed by atoms with Gasteiger partial charge < -0.3 is 15.7 Å². The molecule has 0 aromatic heterocycles. The molecule has 3 N–H and O–H groups in total. The number of aliphatic hydroxyl groups excluding tert-OH is 1. The Morgan fingerprint density at radius 3 is 2.50 bits per heavy atom. The van der Waals surface area contributed by atoms with Crippen LogP contribution in [0.15, 0.2) is 30.3 Å². The van der Waals surface area contributed by atoms with Crippen molar-refractivity contribution in [1.29, 1.82) is 0 Å². The van der Waals surface area contributed by atoms with E-state index in [-0.39, 0.29) is 12.1 Å². The number of rotatable bonds is 4. The minimum Gasteiger partial charge on any atom is -0.394 e. The quantitative estimate of drug-likeness (QED) is 0.694. The van der Waals surface area contributed by atoms with E-state index in [2.05, 4.69) is 10.6 Å². The van der Waals surface area contributed by atoms with E-state index < -0.39 is 0 Å². The fraction of sp³-hybridized carbons (Fsp3) is 0.417. The monoisotopic (exact) mass is 238 g/mol. The van der Waals surface area contributed by atoms with E-state index in [1.54, 1.807) is 0 Å². The first-order chi connectivity index (χ1) is 7.53. The van der Waals surface area contributed by atoms with Crippen LogP contribution >= 0.6 is 12.2 Å². The van der Waals surface area contributed by atoms with Crippen molar-refractivity contribution in [2.24, 2.45) is 0 Å². The SMILES string of the molecule is CC(C)(CO)NC(=S)NCc1ccccc1. The molecule has 0 aliphatic heterocycles. The third-order valence-electron chi connectivity index (χ3n) is 2.14. The average molecular weight is 238 g/mol. The van der Waals surface area contributed by atoms with Crippen LogP contribution in [-0.2, 0) is 6.54 Å². The van der Waals surface area contributed by atoms with E-state index >= 15 is 0 Å². The van der Waals surface area contributed by atoms with Crippen molar-refractivity contribution >= 4 is 17.3 Å². The maximum absolute atomic E-state index is 9.08. The highest BCUT2D eigenvalue weighted by molar-refractivity contribution is 7.80. The zero-order valence-electron chi connectivity index (χ0n) is 9.66. The molecule has 0 amide bonds. The Hall–Kier alpha value is -1.13. The van der Waals surface area contributed by atoms with Gasteiger partial charge >= 0.3 is 0 Å². The van der Waals surface area contributed by atoms with Gasteiger partial charge in [0.25, 0.3) is 0 Å². The van der Waals surface area contributed by atoms with Gasteiger partial charge in [0.2, 0.25) is 0 Å². The van der Waals surface area contributed by atoms with Crippen LogP contribution in [0, 0.1) is 0 Å². The standard InChI is InChI=1S/C12H18N2OS/c1-12(2,9-15)14-11(16)13-8-10-6-4-3-5-7-10/h3-7,15H,8-9H2,1-2H3,(H2,13,14,16). The van der Waals surface area contributed by atoms with Crippen molar-refractivity contribution in [3.05, 3.63) is 35.9 Å².